The fraction of sp³-hybridized carbons (Fsp3) is 0. The lowest BCUT2D eigenvalue weighted by molar-refractivity contribution is 0.602. The Morgan fingerprint density at radius 2 is 2.17 bits per heavy atom. The molecule has 3 aromatic rings. The molecule has 3 rings (SSSR count). The number of H-pyrrole nitrogens is 1. The molecule has 0 aliphatic carbocycles. The van der Waals surface area contributed by atoms with E-state index in [1.54, 1.807) is 24.4 Å². The van der Waals surface area contributed by atoms with Crippen LogP contribution in [0.3, 0.4) is 0 Å². The number of hydrogen-bond donors (Lipinski definition) is 2. The summed E-state index contributed by atoms with van der Waals surface area (Å²) < 4.78 is 28.3. The first-order chi connectivity index (χ1) is 8.67. The highest BCUT2D eigenvalue weighted by Gasteiger charge is 2.19. The first-order valence-corrected chi connectivity index (χ1v) is 6.59. The van der Waals surface area contributed by atoms with Crippen molar-refractivity contribution in [2.24, 2.45) is 0 Å². The summed E-state index contributed by atoms with van der Waals surface area (Å²) in [5.41, 5.74) is 0.902. The zero-order chi connectivity index (χ0) is 12.6. The van der Waals surface area contributed by atoms with E-state index >= 15 is 0 Å². The van der Waals surface area contributed by atoms with Crippen LogP contribution in [0.2, 0.25) is 0 Å². The van der Waals surface area contributed by atoms with Gasteiger partial charge in [-0.1, -0.05) is 6.07 Å². The molecular weight excluding hydrogens is 254 g/mol. The second kappa shape index (κ2) is 3.84. The summed E-state index contributed by atoms with van der Waals surface area (Å²) in [7, 11) is -3.66. The summed E-state index contributed by atoms with van der Waals surface area (Å²) in [6.07, 6.45) is 5.86. The van der Waals surface area contributed by atoms with Gasteiger partial charge in [0.2, 0.25) is 0 Å². The quantitative estimate of drug-likeness (QED) is 0.733. The zero-order valence-corrected chi connectivity index (χ0v) is 9.92. The zero-order valence-electron chi connectivity index (χ0n) is 9.11. The molecule has 7 nitrogen and oxygen atoms in total. The van der Waals surface area contributed by atoms with Gasteiger partial charge >= 0.3 is 0 Å². The number of hydrogen-bond acceptors (Lipinski definition) is 4. The Morgan fingerprint density at radius 3 is 2.94 bits per heavy atom. The number of aromatic nitrogens is 4. The molecule has 0 aliphatic rings. The van der Waals surface area contributed by atoms with Crippen LogP contribution in [0.25, 0.3) is 5.52 Å². The molecule has 0 saturated carbocycles. The summed E-state index contributed by atoms with van der Waals surface area (Å²) in [6, 6.07) is 5.23. The molecule has 3 heterocycles. The van der Waals surface area contributed by atoms with Crippen molar-refractivity contribution in [3.05, 3.63) is 43.0 Å². The van der Waals surface area contributed by atoms with E-state index in [1.807, 2.05) is 0 Å². The summed E-state index contributed by atoms with van der Waals surface area (Å²) in [5.74, 6) is 0. The minimum absolute atomic E-state index is 0.129. The number of rotatable bonds is 3. The van der Waals surface area contributed by atoms with Crippen molar-refractivity contribution in [1.82, 2.24) is 19.8 Å². The van der Waals surface area contributed by atoms with Gasteiger partial charge in [0, 0.05) is 12.4 Å². The van der Waals surface area contributed by atoms with Crippen LogP contribution in [-0.4, -0.2) is 28.2 Å². The smallest absolute Gasteiger partial charge is 0.265 e. The van der Waals surface area contributed by atoms with Crippen molar-refractivity contribution in [2.45, 2.75) is 4.90 Å². The molecule has 18 heavy (non-hydrogen) atoms. The van der Waals surface area contributed by atoms with Crippen LogP contribution >= 0.6 is 0 Å². The summed E-state index contributed by atoms with van der Waals surface area (Å²) in [6.45, 7) is 0. The van der Waals surface area contributed by atoms with Crippen LogP contribution in [0.1, 0.15) is 0 Å². The lowest BCUT2D eigenvalue weighted by atomic mass is 10.4. The predicted octanol–water partition coefficient (Wildman–Crippen LogP) is 0.858. The highest BCUT2D eigenvalue weighted by molar-refractivity contribution is 7.93. The number of fused-ring (bicyclic) bond motifs is 1. The molecule has 2 N–H and O–H groups in total. The lowest BCUT2D eigenvalue weighted by Crippen LogP contribution is -2.12. The highest BCUT2D eigenvalue weighted by atomic mass is 32.2. The first-order valence-electron chi connectivity index (χ1n) is 5.11. The van der Waals surface area contributed by atoms with Crippen molar-refractivity contribution in [2.75, 3.05) is 4.72 Å². The van der Waals surface area contributed by atoms with E-state index < -0.39 is 10.0 Å². The Morgan fingerprint density at radius 1 is 1.28 bits per heavy atom. The molecule has 0 fully saturated rings. The van der Waals surface area contributed by atoms with Gasteiger partial charge in [-0.15, -0.1) is 0 Å². The van der Waals surface area contributed by atoms with Gasteiger partial charge in [-0.05, 0) is 12.1 Å². The van der Waals surface area contributed by atoms with Crippen LogP contribution in [0.5, 0.6) is 0 Å². The summed E-state index contributed by atoms with van der Waals surface area (Å²) in [5, 5.41) is 10.2. The van der Waals surface area contributed by atoms with E-state index in [-0.39, 0.29) is 4.90 Å². The van der Waals surface area contributed by atoms with E-state index in [4.69, 9.17) is 0 Å². The third-order valence-corrected chi connectivity index (χ3v) is 3.83. The van der Waals surface area contributed by atoms with E-state index in [9.17, 15) is 8.42 Å². The van der Waals surface area contributed by atoms with E-state index in [0.717, 1.165) is 0 Å². The number of aromatic amines is 1. The second-order valence-electron chi connectivity index (χ2n) is 3.63. The fourth-order valence-corrected chi connectivity index (χ4v) is 2.79. The molecule has 0 aromatic carbocycles. The molecular formula is C10H9N5O2S. The van der Waals surface area contributed by atoms with E-state index in [1.165, 1.54) is 23.1 Å². The van der Waals surface area contributed by atoms with Gasteiger partial charge in [0.15, 0.2) is 0 Å². The Labute approximate surface area is 103 Å². The maximum Gasteiger partial charge on any atom is 0.265 e. The van der Waals surface area contributed by atoms with Crippen molar-refractivity contribution in [3.63, 3.8) is 0 Å². The standard InChI is InChI=1S/C10H9N5O2S/c16-18(17,14-8-5-11-12-6-8)10-7-13-15-4-2-1-3-9(10)15/h1-7,14H,(H,11,12). The van der Waals surface area contributed by atoms with Gasteiger partial charge in [0.1, 0.15) is 4.90 Å². The number of nitrogens with one attached hydrogen (secondary N) is 2. The molecule has 8 heteroatoms. The Kier molecular flexibility index (Phi) is 2.30. The number of nitrogens with zero attached hydrogens (tertiary/aromatic N) is 3. The van der Waals surface area contributed by atoms with Crippen LogP contribution in [-0.2, 0) is 10.0 Å². The molecule has 0 saturated heterocycles. The molecule has 92 valence electrons. The van der Waals surface area contributed by atoms with Crippen LogP contribution < -0.4 is 4.72 Å². The van der Waals surface area contributed by atoms with E-state index in [2.05, 4.69) is 20.0 Å². The molecule has 0 amide bonds. The fourth-order valence-electron chi connectivity index (χ4n) is 1.63. The minimum atomic E-state index is -3.66. The average Bonchev–Trinajstić information content (AvgIpc) is 2.96. The van der Waals surface area contributed by atoms with Crippen LogP contribution in [0.15, 0.2) is 47.9 Å². The van der Waals surface area contributed by atoms with Gasteiger partial charge in [-0.3, -0.25) is 9.82 Å². The van der Waals surface area contributed by atoms with Crippen LogP contribution in [0, 0.1) is 0 Å². The Bertz CT molecular complexity index is 776. The number of pyridine rings is 1. The SMILES string of the molecule is O=S(=O)(Nc1cn[nH]c1)c1cnn2ccccc12. The topological polar surface area (TPSA) is 92.1 Å². The molecule has 0 unspecified atom stereocenters. The minimum Gasteiger partial charge on any atom is -0.284 e. The van der Waals surface area contributed by atoms with E-state index in [0.29, 0.717) is 11.2 Å². The molecule has 3 aromatic heterocycles. The summed E-state index contributed by atoms with van der Waals surface area (Å²) in [4.78, 5) is 0.129. The van der Waals surface area contributed by atoms with Crippen molar-refractivity contribution < 1.29 is 8.42 Å². The average molecular weight is 263 g/mol. The van der Waals surface area contributed by atoms with Crippen LogP contribution in [0.4, 0.5) is 5.69 Å². The molecule has 0 bridgehead atoms. The number of anilines is 1. The predicted molar refractivity (Wildman–Crippen MR) is 64.6 cm³/mol. The van der Waals surface area contributed by atoms with Crippen molar-refractivity contribution in [1.29, 1.82) is 0 Å². The van der Waals surface area contributed by atoms with Crippen molar-refractivity contribution >= 4 is 21.2 Å². The van der Waals surface area contributed by atoms with Crippen molar-refractivity contribution in [3.8, 4) is 0 Å². The Hall–Kier alpha value is -2.35. The van der Waals surface area contributed by atoms with Gasteiger partial charge in [-0.2, -0.15) is 10.2 Å². The maximum absolute atomic E-state index is 12.2. The Balaban J connectivity index is 2.08. The van der Waals surface area contributed by atoms with Gasteiger partial charge < -0.3 is 0 Å². The van der Waals surface area contributed by atoms with Gasteiger partial charge in [0.25, 0.3) is 10.0 Å². The second-order valence-corrected chi connectivity index (χ2v) is 5.28. The molecule has 0 spiro atoms. The molecule has 0 aliphatic heterocycles. The number of sulfonamides is 1. The third kappa shape index (κ3) is 1.72. The van der Waals surface area contributed by atoms with Gasteiger partial charge in [-0.25, -0.2) is 12.9 Å². The largest absolute Gasteiger partial charge is 0.284 e. The normalized spacial score (nSPS) is 11.8. The molecule has 0 radical (unpaired) electrons. The first kappa shape index (κ1) is 10.8. The van der Waals surface area contributed by atoms with Gasteiger partial charge in [0.05, 0.1) is 23.6 Å². The lowest BCUT2D eigenvalue weighted by Gasteiger charge is -2.03. The summed E-state index contributed by atoms with van der Waals surface area (Å²) >= 11 is 0. The highest BCUT2D eigenvalue weighted by Crippen LogP contribution is 2.19. The maximum atomic E-state index is 12.2. The third-order valence-electron chi connectivity index (χ3n) is 2.43. The monoisotopic (exact) mass is 263 g/mol. The molecule has 0 atom stereocenters.